The SMILES string of the molecule is Cc1cc2c(o1)oc1c3cc[n+](C)c4c3c(cc21)Oc1c-4c(C)c2oc3ccccc3c2c1C. The first kappa shape index (κ1) is 18.2. The average molecular weight is 446 g/mol. The standard InChI is InChI=1S/C29H20NO4/c1-13-11-19-18-12-21-24-17(28(18)34-29(19)31-13)9-10-30(4)25(24)23-15(3)26-22(14(2)27(23)33-21)16-7-5-6-8-20(16)32-26/h5-12H,1-4H3/q+1. The quantitative estimate of drug-likeness (QED) is 0.223. The topological polar surface area (TPSA) is 52.5 Å². The summed E-state index contributed by atoms with van der Waals surface area (Å²) in [6.07, 6.45) is 2.09. The summed E-state index contributed by atoms with van der Waals surface area (Å²) in [5.74, 6) is 3.09. The number of para-hydroxylation sites is 1. The molecule has 8 rings (SSSR count). The Kier molecular flexibility index (Phi) is 3.11. The highest BCUT2D eigenvalue weighted by atomic mass is 16.5. The van der Waals surface area contributed by atoms with Gasteiger partial charge in [0.25, 0.3) is 5.78 Å². The molecule has 4 aromatic heterocycles. The molecule has 0 atom stereocenters. The number of fused-ring (bicyclic) bond motifs is 9. The Morgan fingerprint density at radius 1 is 0.735 bits per heavy atom. The third-order valence-electron chi connectivity index (χ3n) is 7.34. The number of benzene rings is 3. The molecule has 0 radical (unpaired) electrons. The lowest BCUT2D eigenvalue weighted by Gasteiger charge is -2.22. The molecule has 1 aliphatic rings. The summed E-state index contributed by atoms with van der Waals surface area (Å²) in [4.78, 5) is 0. The predicted molar refractivity (Wildman–Crippen MR) is 132 cm³/mol. The van der Waals surface area contributed by atoms with Crippen molar-refractivity contribution in [2.75, 3.05) is 0 Å². The highest BCUT2D eigenvalue weighted by molar-refractivity contribution is 6.20. The van der Waals surface area contributed by atoms with Crippen LogP contribution in [0.4, 0.5) is 0 Å². The van der Waals surface area contributed by atoms with E-state index in [4.69, 9.17) is 18.0 Å². The van der Waals surface area contributed by atoms with Gasteiger partial charge in [-0.1, -0.05) is 18.2 Å². The zero-order chi connectivity index (χ0) is 22.9. The third-order valence-corrected chi connectivity index (χ3v) is 7.34. The van der Waals surface area contributed by atoms with Gasteiger partial charge in [-0.3, -0.25) is 0 Å². The molecule has 0 N–H and O–H groups in total. The van der Waals surface area contributed by atoms with Gasteiger partial charge in [-0.2, -0.15) is 0 Å². The van der Waals surface area contributed by atoms with E-state index in [9.17, 15) is 0 Å². The van der Waals surface area contributed by atoms with Crippen LogP contribution in [0.3, 0.4) is 0 Å². The summed E-state index contributed by atoms with van der Waals surface area (Å²) in [6, 6.07) is 14.4. The predicted octanol–water partition coefficient (Wildman–Crippen LogP) is 7.75. The minimum absolute atomic E-state index is 0.550. The van der Waals surface area contributed by atoms with E-state index >= 15 is 0 Å². The van der Waals surface area contributed by atoms with E-state index in [2.05, 4.69) is 55.9 Å². The Balaban J connectivity index is 1.58. The van der Waals surface area contributed by atoms with Gasteiger partial charge in [0.15, 0.2) is 6.20 Å². The van der Waals surface area contributed by atoms with E-state index in [1.54, 1.807) is 0 Å². The second kappa shape index (κ2) is 5.81. The molecule has 1 aliphatic heterocycles. The highest BCUT2D eigenvalue weighted by Gasteiger charge is 2.35. The van der Waals surface area contributed by atoms with Crippen LogP contribution in [-0.2, 0) is 7.05 Å². The van der Waals surface area contributed by atoms with Crippen LogP contribution in [0, 0.1) is 20.8 Å². The number of hydrogen-bond donors (Lipinski definition) is 0. The van der Waals surface area contributed by atoms with Crippen LogP contribution in [0.25, 0.3) is 66.1 Å². The van der Waals surface area contributed by atoms with Crippen LogP contribution in [0.2, 0.25) is 0 Å². The second-order valence-corrected chi connectivity index (χ2v) is 9.33. The van der Waals surface area contributed by atoms with Crippen LogP contribution < -0.4 is 9.30 Å². The van der Waals surface area contributed by atoms with E-state index < -0.39 is 0 Å². The number of hydrogen-bond acceptors (Lipinski definition) is 4. The maximum atomic E-state index is 6.75. The summed E-state index contributed by atoms with van der Waals surface area (Å²) < 4.78 is 27.3. The number of aromatic nitrogens is 1. The Labute approximate surface area is 193 Å². The van der Waals surface area contributed by atoms with E-state index in [1.165, 1.54) is 0 Å². The lowest BCUT2D eigenvalue weighted by atomic mass is 9.90. The second-order valence-electron chi connectivity index (χ2n) is 9.33. The van der Waals surface area contributed by atoms with Gasteiger partial charge in [-0.05, 0) is 39.0 Å². The molecule has 5 heterocycles. The van der Waals surface area contributed by atoms with Gasteiger partial charge >= 0.3 is 0 Å². The summed E-state index contributed by atoms with van der Waals surface area (Å²) in [6.45, 7) is 6.18. The molecular weight excluding hydrogens is 426 g/mol. The van der Waals surface area contributed by atoms with Crippen LogP contribution in [0.5, 0.6) is 11.5 Å². The zero-order valence-corrected chi connectivity index (χ0v) is 19.2. The van der Waals surface area contributed by atoms with Crippen molar-refractivity contribution in [2.24, 2.45) is 7.05 Å². The molecule has 0 saturated carbocycles. The van der Waals surface area contributed by atoms with Crippen LogP contribution >= 0.6 is 0 Å². The highest BCUT2D eigenvalue weighted by Crippen LogP contribution is 2.53. The lowest BCUT2D eigenvalue weighted by Crippen LogP contribution is -2.32. The fourth-order valence-electron chi connectivity index (χ4n) is 5.83. The molecule has 0 unspecified atom stereocenters. The van der Waals surface area contributed by atoms with Crippen molar-refractivity contribution in [3.8, 4) is 22.8 Å². The summed E-state index contributed by atoms with van der Waals surface area (Å²) in [7, 11) is 2.08. The van der Waals surface area contributed by atoms with Gasteiger partial charge < -0.3 is 18.0 Å². The van der Waals surface area contributed by atoms with Crippen LogP contribution in [0.1, 0.15) is 16.9 Å². The van der Waals surface area contributed by atoms with Crippen LogP contribution in [0.15, 0.2) is 61.9 Å². The van der Waals surface area contributed by atoms with Crippen molar-refractivity contribution in [1.82, 2.24) is 0 Å². The minimum atomic E-state index is 0.550. The molecule has 34 heavy (non-hydrogen) atoms. The summed E-state index contributed by atoms with van der Waals surface area (Å²) >= 11 is 0. The Morgan fingerprint density at radius 2 is 1.59 bits per heavy atom. The fourth-order valence-corrected chi connectivity index (χ4v) is 5.83. The number of nitrogens with zero attached hydrogens (tertiary/aromatic N) is 1. The lowest BCUT2D eigenvalue weighted by molar-refractivity contribution is -0.659. The van der Waals surface area contributed by atoms with Crippen molar-refractivity contribution < 1.29 is 22.6 Å². The van der Waals surface area contributed by atoms with Gasteiger partial charge in [-0.25, -0.2) is 4.57 Å². The number of pyridine rings is 1. The molecule has 0 aliphatic carbocycles. The smallest absolute Gasteiger partial charge is 0.298 e. The van der Waals surface area contributed by atoms with Gasteiger partial charge in [-0.15, -0.1) is 0 Å². The molecule has 0 bridgehead atoms. The molecule has 5 heteroatoms. The first-order chi connectivity index (χ1) is 16.5. The van der Waals surface area contributed by atoms with Crippen molar-refractivity contribution in [1.29, 1.82) is 0 Å². The first-order valence-corrected chi connectivity index (χ1v) is 11.4. The third kappa shape index (κ3) is 2.00. The number of ether oxygens (including phenoxy) is 1. The molecule has 0 fully saturated rings. The van der Waals surface area contributed by atoms with Crippen molar-refractivity contribution >= 4 is 54.8 Å². The van der Waals surface area contributed by atoms with Gasteiger partial charge in [0, 0.05) is 38.7 Å². The summed E-state index contributed by atoms with van der Waals surface area (Å²) in [5.41, 5.74) is 6.94. The summed E-state index contributed by atoms with van der Waals surface area (Å²) in [5, 5.41) is 6.25. The van der Waals surface area contributed by atoms with E-state index in [1.807, 2.05) is 25.1 Å². The van der Waals surface area contributed by atoms with E-state index in [0.717, 1.165) is 88.7 Å². The Morgan fingerprint density at radius 3 is 2.47 bits per heavy atom. The van der Waals surface area contributed by atoms with Crippen molar-refractivity contribution in [3.05, 3.63) is 65.5 Å². The largest absolute Gasteiger partial charge is 0.456 e. The molecule has 164 valence electrons. The average Bonchev–Trinajstić information content (AvgIpc) is 3.49. The number of furan rings is 3. The van der Waals surface area contributed by atoms with Crippen molar-refractivity contribution in [2.45, 2.75) is 20.8 Å². The monoisotopic (exact) mass is 446 g/mol. The maximum Gasteiger partial charge on any atom is 0.298 e. The molecular formula is C29H20NO4+. The van der Waals surface area contributed by atoms with Gasteiger partial charge in [0.2, 0.25) is 5.69 Å². The van der Waals surface area contributed by atoms with Gasteiger partial charge in [0.05, 0.1) is 10.9 Å². The Bertz CT molecular complexity index is 2030. The van der Waals surface area contributed by atoms with Crippen molar-refractivity contribution in [3.63, 3.8) is 0 Å². The Hall–Kier alpha value is -4.25. The molecule has 0 saturated heterocycles. The maximum absolute atomic E-state index is 6.75. The number of rotatable bonds is 0. The molecule has 0 amide bonds. The fraction of sp³-hybridized carbons (Fsp3) is 0.138. The molecule has 3 aromatic carbocycles. The normalized spacial score (nSPS) is 12.9. The van der Waals surface area contributed by atoms with E-state index in [-0.39, 0.29) is 0 Å². The molecule has 0 spiro atoms. The van der Waals surface area contributed by atoms with Gasteiger partial charge in [0.1, 0.15) is 46.4 Å². The zero-order valence-electron chi connectivity index (χ0n) is 19.2. The molecule has 7 aromatic rings. The first-order valence-electron chi connectivity index (χ1n) is 11.4. The number of aryl methyl sites for hydroxylation is 4. The van der Waals surface area contributed by atoms with Crippen LogP contribution in [-0.4, -0.2) is 0 Å². The van der Waals surface area contributed by atoms with E-state index in [0.29, 0.717) is 5.78 Å². The molecule has 5 nitrogen and oxygen atoms in total. The minimum Gasteiger partial charge on any atom is -0.456 e.